The van der Waals surface area contributed by atoms with Crippen molar-refractivity contribution in [2.75, 3.05) is 19.0 Å². The van der Waals surface area contributed by atoms with E-state index in [0.717, 1.165) is 45.3 Å². The van der Waals surface area contributed by atoms with Crippen molar-refractivity contribution in [3.63, 3.8) is 0 Å². The number of hydrogen-bond acceptors (Lipinski definition) is 2. The number of amides is 1. The summed E-state index contributed by atoms with van der Waals surface area (Å²) in [5.74, 6) is 1.40. The molecule has 1 amide bonds. The number of ether oxygens (including phenoxy) is 1. The van der Waals surface area contributed by atoms with Crippen LogP contribution in [0.25, 0.3) is 0 Å². The number of carbonyl (C=O) groups is 1. The minimum absolute atomic E-state index is 0.0493. The molecule has 0 radical (unpaired) electrons. The quantitative estimate of drug-likeness (QED) is 0.692. The SMILES string of the molecule is CCCC(CCCl)CNC(=O)C1CCOC1CC. The first-order chi connectivity index (χ1) is 8.72. The van der Waals surface area contributed by atoms with E-state index in [1.165, 1.54) is 0 Å². The number of hydrogen-bond donors (Lipinski definition) is 1. The highest BCUT2D eigenvalue weighted by atomic mass is 35.5. The largest absolute Gasteiger partial charge is 0.377 e. The van der Waals surface area contributed by atoms with Gasteiger partial charge in [0.1, 0.15) is 0 Å². The summed E-state index contributed by atoms with van der Waals surface area (Å²) in [5.41, 5.74) is 0. The highest BCUT2D eigenvalue weighted by molar-refractivity contribution is 6.17. The zero-order valence-electron chi connectivity index (χ0n) is 11.6. The van der Waals surface area contributed by atoms with Crippen LogP contribution in [0.5, 0.6) is 0 Å². The first kappa shape index (κ1) is 15.8. The molecule has 0 bridgehead atoms. The summed E-state index contributed by atoms with van der Waals surface area (Å²) in [7, 11) is 0. The van der Waals surface area contributed by atoms with Crippen molar-refractivity contribution >= 4 is 17.5 Å². The van der Waals surface area contributed by atoms with Crippen LogP contribution in [0, 0.1) is 11.8 Å². The van der Waals surface area contributed by atoms with Crippen LogP contribution < -0.4 is 5.32 Å². The third-order valence-electron chi connectivity index (χ3n) is 3.73. The van der Waals surface area contributed by atoms with E-state index < -0.39 is 0 Å². The van der Waals surface area contributed by atoms with Crippen molar-refractivity contribution in [2.24, 2.45) is 11.8 Å². The second kappa shape index (κ2) is 8.76. The minimum Gasteiger partial charge on any atom is -0.377 e. The highest BCUT2D eigenvalue weighted by Gasteiger charge is 2.32. The summed E-state index contributed by atoms with van der Waals surface area (Å²) in [5, 5.41) is 3.08. The molecule has 18 heavy (non-hydrogen) atoms. The second-order valence-corrected chi connectivity index (χ2v) is 5.47. The normalized spacial score (nSPS) is 25.1. The van der Waals surface area contributed by atoms with Gasteiger partial charge in [0.25, 0.3) is 0 Å². The molecule has 3 nitrogen and oxygen atoms in total. The van der Waals surface area contributed by atoms with E-state index in [9.17, 15) is 4.79 Å². The Morgan fingerprint density at radius 1 is 1.44 bits per heavy atom. The van der Waals surface area contributed by atoms with Crippen LogP contribution in [0.1, 0.15) is 46.0 Å². The molecule has 0 spiro atoms. The summed E-state index contributed by atoms with van der Waals surface area (Å²) in [4.78, 5) is 12.1. The number of halogens is 1. The Morgan fingerprint density at radius 3 is 2.83 bits per heavy atom. The lowest BCUT2D eigenvalue weighted by Crippen LogP contribution is -2.37. The third-order valence-corrected chi connectivity index (χ3v) is 3.95. The van der Waals surface area contributed by atoms with Gasteiger partial charge < -0.3 is 10.1 Å². The molecule has 1 saturated heterocycles. The van der Waals surface area contributed by atoms with E-state index in [-0.39, 0.29) is 17.9 Å². The molecule has 1 heterocycles. The molecular formula is C14H26ClNO2. The van der Waals surface area contributed by atoms with E-state index >= 15 is 0 Å². The average molecular weight is 276 g/mol. The molecular weight excluding hydrogens is 250 g/mol. The van der Waals surface area contributed by atoms with Gasteiger partial charge >= 0.3 is 0 Å². The van der Waals surface area contributed by atoms with Crippen LogP contribution in [-0.4, -0.2) is 31.0 Å². The zero-order chi connectivity index (χ0) is 13.4. The number of rotatable bonds is 8. The molecule has 106 valence electrons. The standard InChI is InChI=1S/C14H26ClNO2/c1-3-5-11(6-8-15)10-16-14(17)12-7-9-18-13(12)4-2/h11-13H,3-10H2,1-2H3,(H,16,17). The van der Waals surface area contributed by atoms with Gasteiger partial charge in [-0.3, -0.25) is 4.79 Å². The Balaban J connectivity index is 2.34. The molecule has 0 aromatic heterocycles. The fourth-order valence-electron chi connectivity index (χ4n) is 2.64. The predicted octanol–water partition coefficient (Wildman–Crippen LogP) is 2.96. The van der Waals surface area contributed by atoms with Gasteiger partial charge in [-0.05, 0) is 31.6 Å². The molecule has 0 aromatic rings. The monoisotopic (exact) mass is 275 g/mol. The molecule has 0 saturated carbocycles. The predicted molar refractivity (Wildman–Crippen MR) is 74.9 cm³/mol. The van der Waals surface area contributed by atoms with Gasteiger partial charge in [-0.2, -0.15) is 0 Å². The Morgan fingerprint density at radius 2 is 2.22 bits per heavy atom. The van der Waals surface area contributed by atoms with E-state index in [1.807, 2.05) is 0 Å². The molecule has 1 aliphatic rings. The van der Waals surface area contributed by atoms with Crippen LogP contribution in [0.2, 0.25) is 0 Å². The van der Waals surface area contributed by atoms with Crippen molar-refractivity contribution in [3.8, 4) is 0 Å². The van der Waals surface area contributed by atoms with E-state index in [1.54, 1.807) is 0 Å². The van der Waals surface area contributed by atoms with Gasteiger partial charge in [0.05, 0.1) is 12.0 Å². The fourth-order valence-corrected chi connectivity index (χ4v) is 2.95. The molecule has 1 rings (SSSR count). The smallest absolute Gasteiger partial charge is 0.225 e. The van der Waals surface area contributed by atoms with Crippen molar-refractivity contribution in [1.82, 2.24) is 5.32 Å². The number of nitrogens with one attached hydrogen (secondary N) is 1. The molecule has 3 atom stereocenters. The molecule has 0 aromatic carbocycles. The minimum atomic E-state index is 0.0493. The third kappa shape index (κ3) is 4.77. The van der Waals surface area contributed by atoms with Gasteiger partial charge in [-0.25, -0.2) is 0 Å². The number of carbonyl (C=O) groups excluding carboxylic acids is 1. The van der Waals surface area contributed by atoms with Crippen LogP contribution in [0.3, 0.4) is 0 Å². The van der Waals surface area contributed by atoms with Crippen LogP contribution >= 0.6 is 11.6 Å². The Labute approximate surface area is 116 Å². The molecule has 1 aliphatic heterocycles. The first-order valence-corrected chi connectivity index (χ1v) is 7.71. The summed E-state index contributed by atoms with van der Waals surface area (Å²) in [6, 6.07) is 0. The molecule has 1 N–H and O–H groups in total. The summed E-state index contributed by atoms with van der Waals surface area (Å²) in [6.07, 6.45) is 5.14. The Hall–Kier alpha value is -0.280. The van der Waals surface area contributed by atoms with Crippen molar-refractivity contribution in [2.45, 2.75) is 52.1 Å². The highest BCUT2D eigenvalue weighted by Crippen LogP contribution is 2.23. The van der Waals surface area contributed by atoms with Crippen molar-refractivity contribution in [1.29, 1.82) is 0 Å². The summed E-state index contributed by atoms with van der Waals surface area (Å²) in [6.45, 7) is 5.72. The fraction of sp³-hybridized carbons (Fsp3) is 0.929. The van der Waals surface area contributed by atoms with Crippen LogP contribution in [0.15, 0.2) is 0 Å². The Kier molecular flexibility index (Phi) is 7.68. The van der Waals surface area contributed by atoms with Gasteiger partial charge in [-0.1, -0.05) is 20.3 Å². The van der Waals surface area contributed by atoms with E-state index in [2.05, 4.69) is 19.2 Å². The lowest BCUT2D eigenvalue weighted by atomic mass is 9.97. The number of alkyl halides is 1. The van der Waals surface area contributed by atoms with E-state index in [0.29, 0.717) is 11.8 Å². The van der Waals surface area contributed by atoms with Gasteiger partial charge in [0, 0.05) is 19.0 Å². The van der Waals surface area contributed by atoms with Crippen molar-refractivity contribution < 1.29 is 9.53 Å². The van der Waals surface area contributed by atoms with Gasteiger partial charge in [-0.15, -0.1) is 11.6 Å². The van der Waals surface area contributed by atoms with Crippen molar-refractivity contribution in [3.05, 3.63) is 0 Å². The van der Waals surface area contributed by atoms with Crippen LogP contribution in [0.4, 0.5) is 0 Å². The van der Waals surface area contributed by atoms with Gasteiger partial charge in [0.15, 0.2) is 0 Å². The summed E-state index contributed by atoms with van der Waals surface area (Å²) >= 11 is 5.79. The maximum Gasteiger partial charge on any atom is 0.225 e. The Bertz CT molecular complexity index is 242. The topological polar surface area (TPSA) is 38.3 Å². The molecule has 4 heteroatoms. The molecule has 1 fully saturated rings. The van der Waals surface area contributed by atoms with Gasteiger partial charge in [0.2, 0.25) is 5.91 Å². The first-order valence-electron chi connectivity index (χ1n) is 7.18. The lowest BCUT2D eigenvalue weighted by molar-refractivity contribution is -0.126. The van der Waals surface area contributed by atoms with E-state index in [4.69, 9.17) is 16.3 Å². The van der Waals surface area contributed by atoms with Crippen LogP contribution in [-0.2, 0) is 9.53 Å². The zero-order valence-corrected chi connectivity index (χ0v) is 12.3. The lowest BCUT2D eigenvalue weighted by Gasteiger charge is -2.20. The summed E-state index contributed by atoms with van der Waals surface area (Å²) < 4.78 is 5.56. The maximum atomic E-state index is 12.1. The second-order valence-electron chi connectivity index (χ2n) is 5.09. The maximum absolute atomic E-state index is 12.1. The average Bonchev–Trinajstić information content (AvgIpc) is 2.84. The molecule has 3 unspecified atom stereocenters. The molecule has 0 aliphatic carbocycles.